The number of hydrogen-bond donors (Lipinski definition) is 2. The van der Waals surface area contributed by atoms with Crippen LogP contribution in [-0.4, -0.2) is 16.8 Å². The molecule has 0 atom stereocenters. The van der Waals surface area contributed by atoms with Gasteiger partial charge in [-0.25, -0.2) is 4.39 Å². The molecule has 1 aromatic carbocycles. The number of carbonyl (C=O) groups excluding carboxylic acids is 2. The lowest BCUT2D eigenvalue weighted by molar-refractivity contribution is -0.138. The monoisotopic (exact) mass is 349 g/mol. The Kier molecular flexibility index (Phi) is 5.51. The smallest absolute Gasteiger partial charge is 0.239 e. The normalized spacial score (nSPS) is 11.0. The maximum Gasteiger partial charge on any atom is 0.239 e. The number of benzene rings is 1. The van der Waals surface area contributed by atoms with E-state index in [1.165, 1.54) is 26.0 Å². The summed E-state index contributed by atoms with van der Waals surface area (Å²) in [6.07, 6.45) is 3.27. The molecule has 0 saturated heterocycles. The zero-order chi connectivity index (χ0) is 17.7. The Hall–Kier alpha value is -2.47. The zero-order valence-electron chi connectivity index (χ0n) is 13.3. The van der Waals surface area contributed by atoms with Crippen LogP contribution in [0.3, 0.4) is 0 Å². The summed E-state index contributed by atoms with van der Waals surface area (Å²) >= 11 is 5.68. The van der Waals surface area contributed by atoms with Gasteiger partial charge in [-0.15, -0.1) is 0 Å². The summed E-state index contributed by atoms with van der Waals surface area (Å²) in [5, 5.41) is 5.16. The van der Waals surface area contributed by atoms with E-state index in [1.807, 2.05) is 6.07 Å². The van der Waals surface area contributed by atoms with Gasteiger partial charge in [-0.2, -0.15) is 0 Å². The molecule has 5 nitrogen and oxygen atoms in total. The Morgan fingerprint density at radius 1 is 1.25 bits per heavy atom. The molecular formula is C17H17ClFN3O2. The predicted octanol–water partition coefficient (Wildman–Crippen LogP) is 3.16. The third kappa shape index (κ3) is 4.29. The van der Waals surface area contributed by atoms with Crippen molar-refractivity contribution in [2.24, 2.45) is 5.41 Å². The molecule has 0 radical (unpaired) electrons. The van der Waals surface area contributed by atoms with Crippen LogP contribution < -0.4 is 10.6 Å². The first-order valence-electron chi connectivity index (χ1n) is 7.24. The first kappa shape index (κ1) is 17.9. The third-order valence-electron chi connectivity index (χ3n) is 3.49. The SMILES string of the molecule is CC(C)(C(=O)NCc1cccnc1)C(=O)Nc1ccc(F)c(Cl)c1. The van der Waals surface area contributed by atoms with Crippen molar-refractivity contribution in [3.05, 3.63) is 59.1 Å². The number of pyridine rings is 1. The van der Waals surface area contributed by atoms with E-state index in [9.17, 15) is 14.0 Å². The second kappa shape index (κ2) is 7.40. The summed E-state index contributed by atoms with van der Waals surface area (Å²) in [7, 11) is 0. The lowest BCUT2D eigenvalue weighted by Crippen LogP contribution is -2.44. The fraction of sp³-hybridized carbons (Fsp3) is 0.235. The molecule has 0 aliphatic rings. The molecule has 24 heavy (non-hydrogen) atoms. The van der Waals surface area contributed by atoms with Gasteiger partial charge < -0.3 is 10.6 Å². The van der Waals surface area contributed by atoms with Crippen LogP contribution in [0.25, 0.3) is 0 Å². The highest BCUT2D eigenvalue weighted by Gasteiger charge is 2.36. The number of hydrogen-bond acceptors (Lipinski definition) is 3. The van der Waals surface area contributed by atoms with Crippen LogP contribution in [0.5, 0.6) is 0 Å². The van der Waals surface area contributed by atoms with E-state index >= 15 is 0 Å². The van der Waals surface area contributed by atoms with Gasteiger partial charge >= 0.3 is 0 Å². The van der Waals surface area contributed by atoms with Crippen molar-refractivity contribution in [2.75, 3.05) is 5.32 Å². The molecule has 0 spiro atoms. The van der Waals surface area contributed by atoms with E-state index in [0.29, 0.717) is 5.69 Å². The molecule has 0 aliphatic heterocycles. The van der Waals surface area contributed by atoms with Crippen molar-refractivity contribution < 1.29 is 14.0 Å². The van der Waals surface area contributed by atoms with Gasteiger partial charge in [0, 0.05) is 24.6 Å². The van der Waals surface area contributed by atoms with Crippen molar-refractivity contribution in [1.29, 1.82) is 0 Å². The molecule has 126 valence electrons. The van der Waals surface area contributed by atoms with Crippen LogP contribution in [0.4, 0.5) is 10.1 Å². The van der Waals surface area contributed by atoms with Crippen molar-refractivity contribution in [2.45, 2.75) is 20.4 Å². The van der Waals surface area contributed by atoms with Crippen molar-refractivity contribution in [1.82, 2.24) is 10.3 Å². The van der Waals surface area contributed by atoms with Gasteiger partial charge in [-0.05, 0) is 43.7 Å². The molecule has 7 heteroatoms. The molecule has 0 bridgehead atoms. The number of rotatable bonds is 5. The summed E-state index contributed by atoms with van der Waals surface area (Å²) in [4.78, 5) is 28.6. The molecular weight excluding hydrogens is 333 g/mol. The van der Waals surface area contributed by atoms with Crippen molar-refractivity contribution >= 4 is 29.1 Å². The Labute approximate surface area is 144 Å². The highest BCUT2D eigenvalue weighted by Crippen LogP contribution is 2.23. The van der Waals surface area contributed by atoms with E-state index < -0.39 is 23.0 Å². The van der Waals surface area contributed by atoms with Gasteiger partial charge in [-0.3, -0.25) is 14.6 Å². The van der Waals surface area contributed by atoms with Gasteiger partial charge in [0.05, 0.1) is 5.02 Å². The highest BCUT2D eigenvalue weighted by atomic mass is 35.5. The van der Waals surface area contributed by atoms with E-state index in [2.05, 4.69) is 15.6 Å². The van der Waals surface area contributed by atoms with E-state index in [4.69, 9.17) is 11.6 Å². The van der Waals surface area contributed by atoms with E-state index in [1.54, 1.807) is 18.5 Å². The third-order valence-corrected chi connectivity index (χ3v) is 3.78. The van der Waals surface area contributed by atoms with Crippen LogP contribution in [-0.2, 0) is 16.1 Å². The number of carbonyl (C=O) groups is 2. The van der Waals surface area contributed by atoms with Gasteiger partial charge in [0.15, 0.2) is 0 Å². The standard InChI is InChI=1S/C17H17ClFN3O2/c1-17(2,15(23)21-10-11-4-3-7-20-9-11)16(24)22-12-5-6-14(19)13(18)8-12/h3-9H,10H2,1-2H3,(H,21,23)(H,22,24). The first-order chi connectivity index (χ1) is 11.3. The number of nitrogens with one attached hydrogen (secondary N) is 2. The van der Waals surface area contributed by atoms with Crippen molar-refractivity contribution in [3.63, 3.8) is 0 Å². The Bertz CT molecular complexity index is 751. The lowest BCUT2D eigenvalue weighted by atomic mass is 9.91. The average Bonchev–Trinajstić information content (AvgIpc) is 2.56. The van der Waals surface area contributed by atoms with Crippen molar-refractivity contribution in [3.8, 4) is 0 Å². The van der Waals surface area contributed by atoms with Gasteiger partial charge in [-0.1, -0.05) is 17.7 Å². The maximum absolute atomic E-state index is 13.1. The first-order valence-corrected chi connectivity index (χ1v) is 7.62. The average molecular weight is 350 g/mol. The van der Waals surface area contributed by atoms with Crippen LogP contribution in [0, 0.1) is 11.2 Å². The minimum Gasteiger partial charge on any atom is -0.351 e. The quantitative estimate of drug-likeness (QED) is 0.814. The molecule has 2 amide bonds. The van der Waals surface area contributed by atoms with Crippen LogP contribution in [0.15, 0.2) is 42.7 Å². The largest absolute Gasteiger partial charge is 0.351 e. The molecule has 0 saturated carbocycles. The summed E-state index contributed by atoms with van der Waals surface area (Å²) in [6.45, 7) is 3.28. The second-order valence-corrected chi connectivity index (χ2v) is 6.16. The van der Waals surface area contributed by atoms with Gasteiger partial charge in [0.2, 0.25) is 11.8 Å². The number of nitrogens with zero attached hydrogens (tertiary/aromatic N) is 1. The number of halogens is 2. The fourth-order valence-corrected chi connectivity index (χ4v) is 2.05. The number of anilines is 1. The molecule has 2 aromatic rings. The molecule has 0 unspecified atom stereocenters. The predicted molar refractivity (Wildman–Crippen MR) is 89.9 cm³/mol. The topological polar surface area (TPSA) is 71.1 Å². The zero-order valence-corrected chi connectivity index (χ0v) is 14.0. The summed E-state index contributed by atoms with van der Waals surface area (Å²) in [5.74, 6) is -1.53. The fourth-order valence-electron chi connectivity index (χ4n) is 1.87. The minimum absolute atomic E-state index is 0.105. The Morgan fingerprint density at radius 2 is 2.00 bits per heavy atom. The Balaban J connectivity index is 2.00. The lowest BCUT2D eigenvalue weighted by Gasteiger charge is -2.22. The summed E-state index contributed by atoms with van der Waals surface area (Å²) in [5.41, 5.74) is -0.171. The number of aromatic nitrogens is 1. The summed E-state index contributed by atoms with van der Waals surface area (Å²) in [6, 6.07) is 7.40. The number of amides is 2. The second-order valence-electron chi connectivity index (χ2n) is 5.75. The molecule has 2 rings (SSSR count). The van der Waals surface area contributed by atoms with Crippen LogP contribution in [0.2, 0.25) is 5.02 Å². The van der Waals surface area contributed by atoms with Gasteiger partial charge in [0.25, 0.3) is 0 Å². The van der Waals surface area contributed by atoms with E-state index in [-0.39, 0.29) is 11.6 Å². The Morgan fingerprint density at radius 3 is 2.62 bits per heavy atom. The molecule has 1 heterocycles. The highest BCUT2D eigenvalue weighted by molar-refractivity contribution is 6.31. The van der Waals surface area contributed by atoms with Gasteiger partial charge in [0.1, 0.15) is 11.2 Å². The molecule has 0 fully saturated rings. The summed E-state index contributed by atoms with van der Waals surface area (Å²) < 4.78 is 13.1. The van der Waals surface area contributed by atoms with E-state index in [0.717, 1.165) is 11.6 Å². The molecule has 0 aliphatic carbocycles. The maximum atomic E-state index is 13.1. The van der Waals surface area contributed by atoms with Crippen LogP contribution in [0.1, 0.15) is 19.4 Å². The minimum atomic E-state index is -1.32. The van der Waals surface area contributed by atoms with Crippen LogP contribution >= 0.6 is 11.6 Å². The molecule has 2 N–H and O–H groups in total. The molecule has 1 aromatic heterocycles.